The van der Waals surface area contributed by atoms with Crippen LogP contribution in [0, 0.1) is 12.8 Å². The molecule has 3 N–H and O–H groups in total. The normalized spacial score (nSPS) is 11.8. The van der Waals surface area contributed by atoms with E-state index in [9.17, 15) is 8.42 Å². The van der Waals surface area contributed by atoms with Gasteiger partial charge >= 0.3 is 0 Å². The van der Waals surface area contributed by atoms with Crippen molar-refractivity contribution in [2.24, 2.45) is 11.7 Å². The number of sulfonamides is 1. The second-order valence-electron chi connectivity index (χ2n) is 4.59. The highest BCUT2D eigenvalue weighted by atomic mass is 32.2. The lowest BCUT2D eigenvalue weighted by Gasteiger charge is -2.11. The summed E-state index contributed by atoms with van der Waals surface area (Å²) in [6.45, 7) is 6.10. The smallest absolute Gasteiger partial charge is 0.240 e. The van der Waals surface area contributed by atoms with Crippen LogP contribution < -0.4 is 10.5 Å². The van der Waals surface area contributed by atoms with Crippen LogP contribution in [0.4, 0.5) is 0 Å². The Labute approximate surface area is 114 Å². The Morgan fingerprint density at radius 1 is 1.44 bits per heavy atom. The summed E-state index contributed by atoms with van der Waals surface area (Å²) in [4.78, 5) is 0.507. The first-order chi connectivity index (χ1) is 8.24. The lowest BCUT2D eigenvalue weighted by molar-refractivity contribution is 0.560. The molecule has 0 saturated heterocycles. The maximum absolute atomic E-state index is 12.0. The summed E-state index contributed by atoms with van der Waals surface area (Å²) in [5.41, 5.74) is 7.00. The zero-order valence-electron chi connectivity index (χ0n) is 10.7. The maximum Gasteiger partial charge on any atom is 0.240 e. The predicted octanol–water partition coefficient (Wildman–Crippen LogP) is 1.56. The molecule has 0 aliphatic heterocycles. The highest BCUT2D eigenvalue weighted by Crippen LogP contribution is 2.15. The average molecular weight is 286 g/mol. The van der Waals surface area contributed by atoms with Crippen LogP contribution in [0.1, 0.15) is 25.0 Å². The summed E-state index contributed by atoms with van der Waals surface area (Å²) in [6, 6.07) is 4.74. The van der Waals surface area contributed by atoms with E-state index in [1.165, 1.54) is 6.07 Å². The van der Waals surface area contributed by atoms with Gasteiger partial charge in [0, 0.05) is 12.1 Å². The van der Waals surface area contributed by atoms with Crippen LogP contribution in [0.3, 0.4) is 0 Å². The van der Waals surface area contributed by atoms with Crippen LogP contribution in [-0.2, 0) is 10.0 Å². The topological polar surface area (TPSA) is 72.2 Å². The molecule has 0 aromatic heterocycles. The zero-order chi connectivity index (χ0) is 13.9. The Morgan fingerprint density at radius 2 is 2.06 bits per heavy atom. The van der Waals surface area contributed by atoms with Crippen molar-refractivity contribution in [3.8, 4) is 0 Å². The van der Waals surface area contributed by atoms with E-state index in [0.717, 1.165) is 5.56 Å². The fourth-order valence-electron chi connectivity index (χ4n) is 1.44. The summed E-state index contributed by atoms with van der Waals surface area (Å²) in [5, 5.41) is 0. The SMILES string of the molecule is Cc1cc(S(=O)(=O)NCC(C)C)ccc1C(N)=S. The monoisotopic (exact) mass is 286 g/mol. The lowest BCUT2D eigenvalue weighted by Crippen LogP contribution is -2.27. The van der Waals surface area contributed by atoms with Crippen LogP contribution >= 0.6 is 12.2 Å². The lowest BCUT2D eigenvalue weighted by atomic mass is 10.1. The Morgan fingerprint density at radius 3 is 2.50 bits per heavy atom. The van der Waals surface area contributed by atoms with E-state index in [4.69, 9.17) is 18.0 Å². The highest BCUT2D eigenvalue weighted by molar-refractivity contribution is 7.89. The molecule has 1 aromatic carbocycles. The minimum Gasteiger partial charge on any atom is -0.389 e. The molecule has 0 radical (unpaired) electrons. The largest absolute Gasteiger partial charge is 0.389 e. The van der Waals surface area contributed by atoms with Gasteiger partial charge in [-0.2, -0.15) is 0 Å². The van der Waals surface area contributed by atoms with Gasteiger partial charge in [-0.15, -0.1) is 0 Å². The number of hydrogen-bond acceptors (Lipinski definition) is 3. The molecule has 100 valence electrons. The summed E-state index contributed by atoms with van der Waals surface area (Å²) < 4.78 is 26.5. The Kier molecular flexibility index (Phi) is 4.84. The van der Waals surface area contributed by atoms with Crippen molar-refractivity contribution in [3.05, 3.63) is 29.3 Å². The minimum atomic E-state index is -3.45. The summed E-state index contributed by atoms with van der Waals surface area (Å²) in [5.74, 6) is 0.261. The van der Waals surface area contributed by atoms with Gasteiger partial charge in [0.1, 0.15) is 4.99 Å². The molecular weight excluding hydrogens is 268 g/mol. The van der Waals surface area contributed by atoms with Gasteiger partial charge < -0.3 is 5.73 Å². The highest BCUT2D eigenvalue weighted by Gasteiger charge is 2.15. The van der Waals surface area contributed by atoms with Gasteiger partial charge in [0.25, 0.3) is 0 Å². The van der Waals surface area contributed by atoms with Gasteiger partial charge in [-0.05, 0) is 30.5 Å². The molecule has 6 heteroatoms. The van der Waals surface area contributed by atoms with Crippen molar-refractivity contribution in [2.75, 3.05) is 6.54 Å². The molecule has 0 aliphatic rings. The summed E-state index contributed by atoms with van der Waals surface area (Å²) >= 11 is 4.88. The second-order valence-corrected chi connectivity index (χ2v) is 6.79. The summed E-state index contributed by atoms with van der Waals surface area (Å²) in [7, 11) is -3.45. The third kappa shape index (κ3) is 3.76. The Bertz CT molecular complexity index is 551. The minimum absolute atomic E-state index is 0.237. The molecule has 18 heavy (non-hydrogen) atoms. The van der Waals surface area contributed by atoms with E-state index in [-0.39, 0.29) is 15.8 Å². The summed E-state index contributed by atoms with van der Waals surface area (Å²) in [6.07, 6.45) is 0. The molecule has 0 bridgehead atoms. The number of aryl methyl sites for hydroxylation is 1. The van der Waals surface area contributed by atoms with Crippen molar-refractivity contribution in [1.82, 2.24) is 4.72 Å². The van der Waals surface area contributed by atoms with Gasteiger partial charge in [0.05, 0.1) is 4.90 Å². The third-order valence-electron chi connectivity index (χ3n) is 2.46. The molecule has 4 nitrogen and oxygen atoms in total. The molecule has 0 amide bonds. The zero-order valence-corrected chi connectivity index (χ0v) is 12.4. The van der Waals surface area contributed by atoms with Crippen LogP contribution in [0.25, 0.3) is 0 Å². The van der Waals surface area contributed by atoms with E-state index in [2.05, 4.69) is 4.72 Å². The average Bonchev–Trinajstić information content (AvgIpc) is 2.26. The molecule has 0 saturated carbocycles. The molecule has 0 spiro atoms. The van der Waals surface area contributed by atoms with E-state index >= 15 is 0 Å². The first-order valence-electron chi connectivity index (χ1n) is 5.64. The van der Waals surface area contributed by atoms with E-state index < -0.39 is 10.0 Å². The van der Waals surface area contributed by atoms with Crippen LogP contribution in [0.2, 0.25) is 0 Å². The number of benzene rings is 1. The molecule has 1 rings (SSSR count). The molecule has 0 fully saturated rings. The van der Waals surface area contributed by atoms with Gasteiger partial charge in [-0.3, -0.25) is 0 Å². The van der Waals surface area contributed by atoms with Crippen molar-refractivity contribution in [3.63, 3.8) is 0 Å². The van der Waals surface area contributed by atoms with Crippen LogP contribution in [0.15, 0.2) is 23.1 Å². The molecule has 0 aliphatic carbocycles. The molecule has 0 unspecified atom stereocenters. The standard InChI is InChI=1S/C12H18N2O2S2/c1-8(2)7-14-18(15,16)10-4-5-11(12(13)17)9(3)6-10/h4-6,8,14H,7H2,1-3H3,(H2,13,17). The van der Waals surface area contributed by atoms with Crippen molar-refractivity contribution >= 4 is 27.2 Å². The van der Waals surface area contributed by atoms with Gasteiger partial charge in [0.15, 0.2) is 0 Å². The maximum atomic E-state index is 12.0. The van der Waals surface area contributed by atoms with Gasteiger partial charge in [0.2, 0.25) is 10.0 Å². The second kappa shape index (κ2) is 5.77. The number of nitrogens with one attached hydrogen (secondary N) is 1. The Hall–Kier alpha value is -0.980. The third-order valence-corrected chi connectivity index (χ3v) is 4.10. The molecule has 0 atom stereocenters. The van der Waals surface area contributed by atoms with Crippen molar-refractivity contribution in [2.45, 2.75) is 25.7 Å². The van der Waals surface area contributed by atoms with E-state index in [1.807, 2.05) is 13.8 Å². The number of hydrogen-bond donors (Lipinski definition) is 2. The first-order valence-corrected chi connectivity index (χ1v) is 7.53. The first kappa shape index (κ1) is 15.1. The van der Waals surface area contributed by atoms with Gasteiger partial charge in [-0.1, -0.05) is 32.1 Å². The Balaban J connectivity index is 3.04. The van der Waals surface area contributed by atoms with Crippen molar-refractivity contribution in [1.29, 1.82) is 0 Å². The van der Waals surface area contributed by atoms with Crippen LogP contribution in [-0.4, -0.2) is 20.0 Å². The van der Waals surface area contributed by atoms with E-state index in [1.54, 1.807) is 19.1 Å². The predicted molar refractivity (Wildman–Crippen MR) is 77.1 cm³/mol. The fraction of sp³-hybridized carbons (Fsp3) is 0.417. The molecular formula is C12H18N2O2S2. The van der Waals surface area contributed by atoms with Crippen LogP contribution in [0.5, 0.6) is 0 Å². The van der Waals surface area contributed by atoms with Crippen molar-refractivity contribution < 1.29 is 8.42 Å². The number of thiocarbonyl (C=S) groups is 1. The number of nitrogens with two attached hydrogens (primary N) is 1. The fourth-order valence-corrected chi connectivity index (χ4v) is 2.97. The number of rotatable bonds is 5. The molecule has 1 aromatic rings. The molecule has 0 heterocycles. The van der Waals surface area contributed by atoms with E-state index in [0.29, 0.717) is 12.1 Å². The quantitative estimate of drug-likeness (QED) is 0.806. The van der Waals surface area contributed by atoms with Gasteiger partial charge in [-0.25, -0.2) is 13.1 Å².